The van der Waals surface area contributed by atoms with Gasteiger partial charge in [0.2, 0.25) is 17.6 Å². The van der Waals surface area contributed by atoms with Crippen molar-refractivity contribution in [2.45, 2.75) is 19.3 Å². The van der Waals surface area contributed by atoms with E-state index in [1.54, 1.807) is 6.33 Å². The van der Waals surface area contributed by atoms with Crippen LogP contribution in [0.5, 0.6) is 0 Å². The summed E-state index contributed by atoms with van der Waals surface area (Å²) in [6, 6.07) is 9.66. The lowest BCUT2D eigenvalue weighted by Gasteiger charge is -2.32. The van der Waals surface area contributed by atoms with Gasteiger partial charge in [0.1, 0.15) is 11.8 Å². The number of fused-ring (bicyclic) bond motifs is 1. The van der Waals surface area contributed by atoms with Gasteiger partial charge in [0, 0.05) is 31.6 Å². The summed E-state index contributed by atoms with van der Waals surface area (Å²) in [6.45, 7) is 1.90. The molecule has 10 nitrogen and oxygen atoms in total. The smallest absolute Gasteiger partial charge is 0.228 e. The molecule has 0 aliphatic carbocycles. The van der Waals surface area contributed by atoms with Gasteiger partial charge >= 0.3 is 0 Å². The van der Waals surface area contributed by atoms with E-state index >= 15 is 0 Å². The molecule has 1 fully saturated rings. The minimum atomic E-state index is -0.107. The number of imidazole rings is 1. The molecule has 0 bridgehead atoms. The maximum absolute atomic E-state index is 12.7. The van der Waals surface area contributed by atoms with Gasteiger partial charge in [-0.3, -0.25) is 4.79 Å². The quantitative estimate of drug-likeness (QED) is 0.487. The van der Waals surface area contributed by atoms with Crippen LogP contribution in [0.25, 0.3) is 22.6 Å². The van der Waals surface area contributed by atoms with Gasteiger partial charge in [-0.25, -0.2) is 15.0 Å². The first-order chi connectivity index (χ1) is 15.3. The summed E-state index contributed by atoms with van der Waals surface area (Å²) in [7, 11) is 0. The molecule has 10 heteroatoms. The highest BCUT2D eigenvalue weighted by molar-refractivity contribution is 5.84. The Morgan fingerprint density at radius 3 is 3.03 bits per heavy atom. The maximum atomic E-state index is 12.7. The minimum Gasteiger partial charge on any atom is -0.355 e. The molecule has 0 saturated carbocycles. The van der Waals surface area contributed by atoms with Crippen molar-refractivity contribution < 1.29 is 9.32 Å². The Hall–Kier alpha value is -3.82. The molecule has 158 valence electrons. The first-order valence-corrected chi connectivity index (χ1v) is 10.3. The minimum absolute atomic E-state index is 0.0300. The van der Waals surface area contributed by atoms with Crippen LogP contribution in [0, 0.1) is 5.92 Å². The highest BCUT2D eigenvalue weighted by atomic mass is 16.5. The van der Waals surface area contributed by atoms with Gasteiger partial charge in [-0.15, -0.1) is 0 Å². The summed E-state index contributed by atoms with van der Waals surface area (Å²) in [5.41, 5.74) is 2.33. The van der Waals surface area contributed by atoms with Crippen LogP contribution in [0.15, 0.2) is 47.5 Å². The Labute approximate surface area is 178 Å². The average molecular weight is 418 g/mol. The van der Waals surface area contributed by atoms with Crippen LogP contribution in [0.2, 0.25) is 0 Å². The fourth-order valence-electron chi connectivity index (χ4n) is 3.87. The van der Waals surface area contributed by atoms with Crippen molar-refractivity contribution in [3.05, 3.63) is 48.9 Å². The molecule has 1 aliphatic rings. The molecule has 1 amide bonds. The molecule has 2 N–H and O–H groups in total. The average Bonchev–Trinajstić information content (AvgIpc) is 3.49. The van der Waals surface area contributed by atoms with E-state index in [-0.39, 0.29) is 11.8 Å². The third-order valence-electron chi connectivity index (χ3n) is 5.43. The summed E-state index contributed by atoms with van der Waals surface area (Å²) in [5, 5.41) is 7.02. The van der Waals surface area contributed by atoms with Gasteiger partial charge in [0.05, 0.1) is 12.2 Å². The largest absolute Gasteiger partial charge is 0.355 e. The van der Waals surface area contributed by atoms with Crippen molar-refractivity contribution in [3.8, 4) is 11.4 Å². The first kappa shape index (κ1) is 19.2. The zero-order valence-corrected chi connectivity index (χ0v) is 16.9. The molecule has 0 unspecified atom stereocenters. The second-order valence-electron chi connectivity index (χ2n) is 7.50. The van der Waals surface area contributed by atoms with Crippen molar-refractivity contribution in [3.63, 3.8) is 0 Å². The van der Waals surface area contributed by atoms with E-state index in [1.165, 1.54) is 6.33 Å². The van der Waals surface area contributed by atoms with Crippen molar-refractivity contribution in [2.75, 3.05) is 24.5 Å². The van der Waals surface area contributed by atoms with Gasteiger partial charge < -0.3 is 19.7 Å². The molecule has 4 heterocycles. The molecule has 4 aromatic rings. The highest BCUT2D eigenvalue weighted by Crippen LogP contribution is 2.25. The number of aromatic nitrogens is 6. The Morgan fingerprint density at radius 2 is 2.13 bits per heavy atom. The predicted octanol–water partition coefficient (Wildman–Crippen LogP) is 1.98. The number of amides is 1. The van der Waals surface area contributed by atoms with E-state index in [1.807, 2.05) is 30.3 Å². The normalized spacial score (nSPS) is 16.5. The van der Waals surface area contributed by atoms with Gasteiger partial charge in [-0.2, -0.15) is 4.98 Å². The summed E-state index contributed by atoms with van der Waals surface area (Å²) >= 11 is 0. The molecule has 1 aromatic carbocycles. The Bertz CT molecular complexity index is 1170. The predicted molar refractivity (Wildman–Crippen MR) is 113 cm³/mol. The van der Waals surface area contributed by atoms with Crippen LogP contribution >= 0.6 is 0 Å². The summed E-state index contributed by atoms with van der Waals surface area (Å²) < 4.78 is 5.31. The molecule has 1 aliphatic heterocycles. The van der Waals surface area contributed by atoms with E-state index in [2.05, 4.69) is 40.3 Å². The third kappa shape index (κ3) is 4.09. The molecule has 1 saturated heterocycles. The number of hydrogen-bond acceptors (Lipinski definition) is 8. The Kier molecular flexibility index (Phi) is 5.26. The monoisotopic (exact) mass is 418 g/mol. The molecule has 0 radical (unpaired) electrons. The van der Waals surface area contributed by atoms with Gasteiger partial charge in [-0.05, 0) is 12.8 Å². The number of hydrogen-bond donors (Lipinski definition) is 2. The fourth-order valence-corrected chi connectivity index (χ4v) is 3.87. The number of aromatic amines is 1. The number of nitrogens with one attached hydrogen (secondary N) is 2. The highest BCUT2D eigenvalue weighted by Gasteiger charge is 2.27. The number of benzene rings is 1. The van der Waals surface area contributed by atoms with Gasteiger partial charge in [0.15, 0.2) is 11.5 Å². The first-order valence-electron chi connectivity index (χ1n) is 10.3. The van der Waals surface area contributed by atoms with Crippen LogP contribution < -0.4 is 10.2 Å². The Morgan fingerprint density at radius 1 is 1.23 bits per heavy atom. The summed E-state index contributed by atoms with van der Waals surface area (Å²) in [5.74, 6) is 1.78. The van der Waals surface area contributed by atoms with Crippen LogP contribution in [-0.2, 0) is 11.2 Å². The van der Waals surface area contributed by atoms with Crippen molar-refractivity contribution in [1.82, 2.24) is 35.4 Å². The fraction of sp³-hybridized carbons (Fsp3) is 0.333. The third-order valence-corrected chi connectivity index (χ3v) is 5.43. The SMILES string of the molecule is O=C(NCCc1nc(-c2ccccc2)no1)[C@H]1CCCN(c2ncnc3nc[nH]c23)C1. The molecule has 5 rings (SSSR count). The van der Waals surface area contributed by atoms with E-state index < -0.39 is 0 Å². The van der Waals surface area contributed by atoms with E-state index in [4.69, 9.17) is 4.52 Å². The Balaban J connectivity index is 1.17. The van der Waals surface area contributed by atoms with Crippen molar-refractivity contribution in [2.24, 2.45) is 5.92 Å². The van der Waals surface area contributed by atoms with Crippen LogP contribution in [0.4, 0.5) is 5.82 Å². The van der Waals surface area contributed by atoms with E-state index in [9.17, 15) is 4.79 Å². The molecule has 1 atom stereocenters. The number of rotatable bonds is 6. The molecule has 0 spiro atoms. The summed E-state index contributed by atoms with van der Waals surface area (Å²) in [4.78, 5) is 35.1. The van der Waals surface area contributed by atoms with Gasteiger partial charge in [0.25, 0.3) is 0 Å². The zero-order chi connectivity index (χ0) is 21.0. The van der Waals surface area contributed by atoms with Crippen LogP contribution in [0.3, 0.4) is 0 Å². The van der Waals surface area contributed by atoms with Crippen molar-refractivity contribution in [1.29, 1.82) is 0 Å². The second kappa shape index (κ2) is 8.50. The number of piperidine rings is 1. The number of carbonyl (C=O) groups excluding carboxylic acids is 1. The van der Waals surface area contributed by atoms with E-state index in [0.29, 0.717) is 36.9 Å². The van der Waals surface area contributed by atoms with Crippen LogP contribution in [0.1, 0.15) is 18.7 Å². The van der Waals surface area contributed by atoms with E-state index in [0.717, 1.165) is 36.3 Å². The van der Waals surface area contributed by atoms with Gasteiger partial charge in [-0.1, -0.05) is 35.5 Å². The number of carbonyl (C=O) groups is 1. The lowest BCUT2D eigenvalue weighted by molar-refractivity contribution is -0.125. The lowest BCUT2D eigenvalue weighted by atomic mass is 9.97. The summed E-state index contributed by atoms with van der Waals surface area (Å²) in [6.07, 6.45) is 5.37. The topological polar surface area (TPSA) is 126 Å². The van der Waals surface area contributed by atoms with Crippen molar-refractivity contribution >= 4 is 22.9 Å². The second-order valence-corrected chi connectivity index (χ2v) is 7.50. The molecule has 31 heavy (non-hydrogen) atoms. The zero-order valence-electron chi connectivity index (χ0n) is 16.9. The molecule has 3 aromatic heterocycles. The lowest BCUT2D eigenvalue weighted by Crippen LogP contribution is -2.44. The molecular formula is C21H22N8O2. The number of H-pyrrole nitrogens is 1. The van der Waals surface area contributed by atoms with Crippen LogP contribution in [-0.4, -0.2) is 55.6 Å². The number of anilines is 1. The maximum Gasteiger partial charge on any atom is 0.228 e. The number of nitrogens with zero attached hydrogens (tertiary/aromatic N) is 6. The molecular weight excluding hydrogens is 396 g/mol. The standard InChI is InChI=1S/C21H22N8O2/c30-21(22-9-8-16-27-18(28-31-16)14-5-2-1-3-6-14)15-7-4-10-29(11-15)20-17-19(24-12-23-17)25-13-26-20/h1-3,5-6,12-13,15H,4,7-11H2,(H,22,30)(H,23,24,25,26)/t15-/m0/s1.